The zero-order valence-corrected chi connectivity index (χ0v) is 57.7. The number of Topliss-reactive ketones (excluding diaryl/α,β-unsaturated/α-hetero) is 1. The number of benzene rings is 4. The van der Waals surface area contributed by atoms with E-state index in [1.165, 1.54) is 59.4 Å². The Balaban J connectivity index is 1.13. The predicted octanol–water partition coefficient (Wildman–Crippen LogP) is 11.2. The lowest BCUT2D eigenvalue weighted by atomic mass is 9.91. The summed E-state index contributed by atoms with van der Waals surface area (Å²) >= 11 is 0. The number of nitrogens with zero attached hydrogens (tertiary/aromatic N) is 2. The molecule has 510 valence electrons. The number of hydrogen-bond donors (Lipinski definition) is 2. The molecule has 3 saturated heterocycles. The number of nitrogen functional groups attached to an aromatic ring is 1. The van der Waals surface area contributed by atoms with Crippen LogP contribution < -0.4 is 34.7 Å². The van der Waals surface area contributed by atoms with E-state index in [0.717, 1.165) is 11.1 Å². The number of aryl methyl sites for hydroxylation is 1. The first-order chi connectivity index (χ1) is 44.4. The van der Waals surface area contributed by atoms with Crippen molar-refractivity contribution in [2.75, 3.05) is 65.3 Å². The van der Waals surface area contributed by atoms with Crippen molar-refractivity contribution in [2.45, 2.75) is 169 Å². The second kappa shape index (κ2) is 32.1. The summed E-state index contributed by atoms with van der Waals surface area (Å²) in [7, 11) is 2.08. The topological polar surface area (TPSA) is 275 Å². The Bertz CT molecular complexity index is 3470. The number of ether oxygens (including phenoxy) is 11. The van der Waals surface area contributed by atoms with Gasteiger partial charge in [-0.2, -0.15) is 0 Å². The second-order valence-corrected chi connectivity index (χ2v) is 30.4. The molecule has 3 fully saturated rings. The van der Waals surface area contributed by atoms with Crippen LogP contribution in [0.4, 0.5) is 16.2 Å². The van der Waals surface area contributed by atoms with Crippen LogP contribution >= 0.6 is 0 Å². The molecule has 0 radical (unpaired) electrons. The maximum Gasteiger partial charge on any atom is 0.411 e. The number of nitrogens with two attached hydrogens (primary N) is 1. The van der Waals surface area contributed by atoms with Crippen LogP contribution in [-0.2, 0) is 67.1 Å². The van der Waals surface area contributed by atoms with Crippen molar-refractivity contribution < 1.29 is 90.1 Å². The van der Waals surface area contributed by atoms with Crippen LogP contribution in [-0.4, -0.2) is 151 Å². The summed E-state index contributed by atoms with van der Waals surface area (Å²) in [5.41, 5.74) is 11.4. The van der Waals surface area contributed by atoms with Crippen molar-refractivity contribution in [1.29, 1.82) is 0 Å². The highest BCUT2D eigenvalue weighted by Gasteiger charge is 2.48. The van der Waals surface area contributed by atoms with Gasteiger partial charge in [-0.25, -0.2) is 9.59 Å². The molecule has 3 aliphatic heterocycles. The largest absolute Gasteiger partial charge is 0.493 e. The molecule has 7 atom stereocenters. The number of methoxy groups -OCH3 is 3. The molecule has 0 saturated carbocycles. The fraction of sp³-hybridized carbons (Fsp3) is 0.500. The van der Waals surface area contributed by atoms with Crippen molar-refractivity contribution >= 4 is 61.3 Å². The van der Waals surface area contributed by atoms with Crippen LogP contribution in [0.1, 0.15) is 141 Å². The van der Waals surface area contributed by atoms with Crippen molar-refractivity contribution in [3.63, 3.8) is 0 Å². The standard InChI is InChI=1S/C70H92N4O19Si/c1-17-50-23-40(2)33-73(50)67(80)54-30-61(83-13)62(32-57(54)72-69(81)88-35-47-20-21-59(55(29-47)58(77)19-18-22-82-12)93-68-65(92-46(8)76)64(91-45(7)75)43(5)44(6)90-68)87-37-49-26-48(27-52(28-49)85-39-63(78)84-14)36-86-60-31-56(71)53(25-42(60)4)66(79)74-34-41(3)24-51(74)38-89-94(15,16)70(9,10)11/h20-21,25-32,43-44,50-51,64-65,68H,2-3,17-19,22-24,33-39,71H2,1,4-16H3,(H,72,81)/t43-,44-,50-,51+,64+,65-,68+/m1/s1. The van der Waals surface area contributed by atoms with Gasteiger partial charge in [0, 0.05) is 76.9 Å². The molecule has 0 unspecified atom stereocenters. The molecule has 3 N–H and O–H groups in total. The Hall–Kier alpha value is -8.45. The van der Waals surface area contributed by atoms with Crippen molar-refractivity contribution in [1.82, 2.24) is 9.80 Å². The minimum atomic E-state index is -2.10. The lowest BCUT2D eigenvalue weighted by Crippen LogP contribution is -2.57. The molecule has 3 aliphatic rings. The molecule has 3 amide bonds. The van der Waals surface area contributed by atoms with Gasteiger partial charge < -0.3 is 72.1 Å². The van der Waals surface area contributed by atoms with E-state index in [4.69, 9.17) is 62.3 Å². The quantitative estimate of drug-likeness (QED) is 0.0102. The summed E-state index contributed by atoms with van der Waals surface area (Å²) in [6.07, 6.45) is -2.65. The Morgan fingerprint density at radius 3 is 1.97 bits per heavy atom. The maximum atomic E-state index is 14.7. The highest BCUT2D eigenvalue weighted by atomic mass is 28.4. The molecule has 7 rings (SSSR count). The fourth-order valence-corrected chi connectivity index (χ4v) is 12.1. The van der Waals surface area contributed by atoms with E-state index in [1.807, 2.05) is 19.9 Å². The molecule has 0 aromatic heterocycles. The van der Waals surface area contributed by atoms with Gasteiger partial charge in [0.05, 0.1) is 55.4 Å². The van der Waals surface area contributed by atoms with Crippen LogP contribution in [0.2, 0.25) is 18.1 Å². The normalized spacial score (nSPS) is 19.7. The van der Waals surface area contributed by atoms with E-state index < -0.39 is 75.4 Å². The third-order valence-electron chi connectivity index (χ3n) is 17.4. The molecule has 4 aromatic carbocycles. The van der Waals surface area contributed by atoms with E-state index in [-0.39, 0.29) is 101 Å². The molecule has 0 spiro atoms. The molecule has 94 heavy (non-hydrogen) atoms. The van der Waals surface area contributed by atoms with Gasteiger partial charge in [0.15, 0.2) is 32.2 Å². The summed E-state index contributed by atoms with van der Waals surface area (Å²) in [5, 5.41) is 2.75. The van der Waals surface area contributed by atoms with Gasteiger partial charge in [0.1, 0.15) is 43.2 Å². The van der Waals surface area contributed by atoms with Crippen molar-refractivity contribution in [3.05, 3.63) is 124 Å². The average molecular weight is 1320 g/mol. The summed E-state index contributed by atoms with van der Waals surface area (Å²) in [6.45, 7) is 29.5. The number of hydrogen-bond acceptors (Lipinski definition) is 20. The second-order valence-electron chi connectivity index (χ2n) is 25.6. The number of likely N-dealkylation sites (tertiary alicyclic amines) is 2. The van der Waals surface area contributed by atoms with E-state index >= 15 is 0 Å². The molecule has 4 aromatic rings. The lowest BCUT2D eigenvalue weighted by Gasteiger charge is -2.43. The van der Waals surface area contributed by atoms with Gasteiger partial charge in [-0.15, -0.1) is 0 Å². The van der Waals surface area contributed by atoms with Crippen LogP contribution in [0, 0.1) is 12.8 Å². The Kier molecular flexibility index (Phi) is 24.9. The summed E-state index contributed by atoms with van der Waals surface area (Å²) in [6, 6.07) is 15.7. The number of ketones is 1. The summed E-state index contributed by atoms with van der Waals surface area (Å²) in [5.74, 6) is -2.22. The molecule has 23 nitrogen and oxygen atoms in total. The number of amides is 3. The third-order valence-corrected chi connectivity index (χ3v) is 21.9. The molecule has 0 bridgehead atoms. The molecule has 0 aliphatic carbocycles. The van der Waals surface area contributed by atoms with Crippen LogP contribution in [0.3, 0.4) is 0 Å². The van der Waals surface area contributed by atoms with Crippen molar-refractivity contribution in [2.24, 2.45) is 5.92 Å². The average Bonchev–Trinajstić information content (AvgIpc) is 1.73. The summed E-state index contributed by atoms with van der Waals surface area (Å²) < 4.78 is 70.7. The summed E-state index contributed by atoms with van der Waals surface area (Å²) in [4.78, 5) is 97.3. The Morgan fingerprint density at radius 2 is 1.35 bits per heavy atom. The van der Waals surface area contributed by atoms with E-state index in [2.05, 4.69) is 52.3 Å². The monoisotopic (exact) mass is 1320 g/mol. The maximum absolute atomic E-state index is 14.7. The number of anilines is 2. The molecular weight excluding hydrogens is 1230 g/mol. The van der Waals surface area contributed by atoms with Crippen LogP contribution in [0.15, 0.2) is 85.0 Å². The smallest absolute Gasteiger partial charge is 0.411 e. The number of esters is 3. The van der Waals surface area contributed by atoms with Crippen molar-refractivity contribution in [3.8, 4) is 28.7 Å². The van der Waals surface area contributed by atoms with Crippen LogP contribution in [0.5, 0.6) is 28.7 Å². The minimum absolute atomic E-state index is 0.00271. The minimum Gasteiger partial charge on any atom is -0.493 e. The first-order valence-corrected chi connectivity index (χ1v) is 34.4. The van der Waals surface area contributed by atoms with Gasteiger partial charge in [-0.1, -0.05) is 65.0 Å². The van der Waals surface area contributed by atoms with Gasteiger partial charge in [-0.05, 0) is 122 Å². The first kappa shape index (κ1) is 73.0. The predicted molar refractivity (Wildman–Crippen MR) is 353 cm³/mol. The van der Waals surface area contributed by atoms with Gasteiger partial charge >= 0.3 is 24.0 Å². The number of carbonyl (C=O) groups excluding carboxylic acids is 7. The zero-order valence-electron chi connectivity index (χ0n) is 56.7. The third kappa shape index (κ3) is 18.7. The Morgan fingerprint density at radius 1 is 0.723 bits per heavy atom. The lowest BCUT2D eigenvalue weighted by molar-refractivity contribution is -0.263. The number of nitrogens with one attached hydrogen (secondary N) is 1. The fourth-order valence-electron chi connectivity index (χ4n) is 11.1. The SMILES string of the molecule is C=C1C[C@@H](CO[Si](C)(C)C(C)(C)C)N(C(=O)c2cc(C)c(OCc3cc(COc4cc(NC(=O)OCc5ccc(O[C@@H]6O[C@H](C)[C@@H](C)[C@H](OC(C)=O)[C@H]6OC(C)=O)c(C(=O)CCCOC)c5)c(C(=O)N5CC(=C)C[C@H]5CC)cc4OC)cc(OCC(=O)OC)c3)cc2N)C1. The zero-order chi connectivity index (χ0) is 68.9. The highest BCUT2D eigenvalue weighted by Crippen LogP contribution is 2.41. The molecular formula is C70H92N4O19Si. The number of carbonyl (C=O) groups is 7. The first-order valence-electron chi connectivity index (χ1n) is 31.5. The molecule has 3 heterocycles. The van der Waals surface area contributed by atoms with E-state index in [1.54, 1.807) is 54.0 Å². The van der Waals surface area contributed by atoms with Gasteiger partial charge in [0.2, 0.25) is 12.4 Å². The molecule has 24 heteroatoms. The highest BCUT2D eigenvalue weighted by molar-refractivity contribution is 6.74. The van der Waals surface area contributed by atoms with E-state index in [9.17, 15) is 33.6 Å². The van der Waals surface area contributed by atoms with Crippen LogP contribution in [0.25, 0.3) is 0 Å². The van der Waals surface area contributed by atoms with Gasteiger partial charge in [-0.3, -0.25) is 29.3 Å². The van der Waals surface area contributed by atoms with E-state index in [0.29, 0.717) is 85.6 Å². The Labute approximate surface area is 551 Å². The van der Waals surface area contributed by atoms with Gasteiger partial charge in [0.25, 0.3) is 11.8 Å². The number of rotatable bonds is 28.